The molecule has 0 aliphatic carbocycles. The van der Waals surface area contributed by atoms with Crippen LogP contribution in [0.1, 0.15) is 91.0 Å². The molecule has 3 heterocycles. The van der Waals surface area contributed by atoms with E-state index in [2.05, 4.69) is 33.9 Å². The van der Waals surface area contributed by atoms with Crippen LogP contribution in [-0.2, 0) is 43.1 Å². The van der Waals surface area contributed by atoms with E-state index in [1.165, 1.54) is 0 Å². The van der Waals surface area contributed by atoms with E-state index in [9.17, 15) is 21.9 Å². The van der Waals surface area contributed by atoms with Gasteiger partial charge in [0.05, 0.1) is 66.7 Å². The van der Waals surface area contributed by atoms with Crippen LogP contribution in [0.25, 0.3) is 0 Å². The number of aliphatic hydroxyl groups excluding tert-OH is 1. The molecule has 1 aromatic carbocycles. The molecule has 0 amide bonds. The summed E-state index contributed by atoms with van der Waals surface area (Å²) in [4.78, 5) is 0.287. The first-order valence-corrected chi connectivity index (χ1v) is 22.2. The van der Waals surface area contributed by atoms with Crippen LogP contribution in [0.4, 0.5) is 0 Å². The van der Waals surface area contributed by atoms with Gasteiger partial charge in [-0.15, -0.1) is 0 Å². The molecule has 0 unspecified atom stereocenters. The van der Waals surface area contributed by atoms with Gasteiger partial charge in [-0.2, -0.15) is 8.42 Å². The molecular formula is C39H62O10S2. The fraction of sp³-hybridized carbons (Fsp3) is 0.744. The molecule has 3 fully saturated rings. The third-order valence-electron chi connectivity index (χ3n) is 11.1. The zero-order chi connectivity index (χ0) is 37.5. The highest BCUT2D eigenvalue weighted by molar-refractivity contribution is 7.91. The quantitative estimate of drug-likeness (QED) is 0.115. The van der Waals surface area contributed by atoms with Crippen LogP contribution < -0.4 is 0 Å². The van der Waals surface area contributed by atoms with Crippen molar-refractivity contribution in [2.75, 3.05) is 25.2 Å². The number of aliphatic hydroxyl groups is 1. The Morgan fingerprint density at radius 1 is 1.00 bits per heavy atom. The molecule has 12 heteroatoms. The van der Waals surface area contributed by atoms with Crippen LogP contribution in [0.2, 0.25) is 0 Å². The van der Waals surface area contributed by atoms with E-state index in [0.29, 0.717) is 44.0 Å². The predicted molar refractivity (Wildman–Crippen MR) is 198 cm³/mol. The maximum Gasteiger partial charge on any atom is 0.264 e. The van der Waals surface area contributed by atoms with Crippen LogP contribution in [0.15, 0.2) is 53.5 Å². The monoisotopic (exact) mass is 754 g/mol. The van der Waals surface area contributed by atoms with Gasteiger partial charge in [0, 0.05) is 18.8 Å². The lowest BCUT2D eigenvalue weighted by Crippen LogP contribution is -2.32. The highest BCUT2D eigenvalue weighted by atomic mass is 32.2. The Balaban J connectivity index is 1.38. The van der Waals surface area contributed by atoms with E-state index < -0.39 is 38.3 Å². The van der Waals surface area contributed by atoms with E-state index in [4.69, 9.17) is 23.1 Å². The lowest BCUT2D eigenvalue weighted by atomic mass is 9.83. The second-order valence-electron chi connectivity index (χ2n) is 15.4. The largest absolute Gasteiger partial charge is 0.389 e. The van der Waals surface area contributed by atoms with Gasteiger partial charge in [-0.05, 0) is 86.5 Å². The van der Waals surface area contributed by atoms with Crippen molar-refractivity contribution in [3.63, 3.8) is 0 Å². The fourth-order valence-electron chi connectivity index (χ4n) is 7.66. The molecule has 1 aromatic rings. The molecule has 10 atom stereocenters. The van der Waals surface area contributed by atoms with Gasteiger partial charge in [0.2, 0.25) is 0 Å². The van der Waals surface area contributed by atoms with Crippen molar-refractivity contribution in [1.29, 1.82) is 0 Å². The van der Waals surface area contributed by atoms with Crippen molar-refractivity contribution in [1.82, 2.24) is 0 Å². The average Bonchev–Trinajstić information content (AvgIpc) is 3.78. The molecule has 3 aliphatic rings. The molecule has 4 rings (SSSR count). The van der Waals surface area contributed by atoms with Crippen LogP contribution >= 0.6 is 0 Å². The number of benzene rings is 1. The van der Waals surface area contributed by atoms with Gasteiger partial charge in [-0.3, -0.25) is 4.18 Å². The normalized spacial score (nSPS) is 28.6. The predicted octanol–water partition coefficient (Wildman–Crippen LogP) is 6.55. The first-order chi connectivity index (χ1) is 24.0. The number of ether oxygens (including phenoxy) is 4. The summed E-state index contributed by atoms with van der Waals surface area (Å²) in [5, 5.41) is 11.5. The van der Waals surface area contributed by atoms with Gasteiger partial charge >= 0.3 is 0 Å². The number of hydrogen-bond acceptors (Lipinski definition) is 10. The van der Waals surface area contributed by atoms with E-state index >= 15 is 0 Å². The van der Waals surface area contributed by atoms with Crippen molar-refractivity contribution in [3.05, 3.63) is 54.1 Å². The van der Waals surface area contributed by atoms with Gasteiger partial charge in [-0.25, -0.2) is 8.42 Å². The smallest absolute Gasteiger partial charge is 0.264 e. The van der Waals surface area contributed by atoms with Gasteiger partial charge in [0.25, 0.3) is 10.1 Å². The molecule has 51 heavy (non-hydrogen) atoms. The third-order valence-corrected chi connectivity index (χ3v) is 13.6. The minimum absolute atomic E-state index is 0.0134. The number of aryl methyl sites for hydroxylation is 1. The SMILES string of the molecule is C=C1C[C@H](CCC2OCCO2)O[C@H]1CC[C@H](C[C@H](C)C(=C)[C@H](O)C[C@@H]1O[C@H](C[C@H](C)CC)[C@H](C)[C@H]1CS(=O)(=O)c1ccc(C)cc1)OS(C)(=O)=O. The standard InChI is InChI=1S/C39H62O10S2/c1-9-25(2)20-37-30(7)34(24-51(43,44)33-14-10-26(3)11-15-33)38(48-37)23-35(40)29(6)27(4)21-32(49-50(8,41)42)12-16-36-28(5)22-31(47-36)13-17-39-45-18-19-46-39/h10-11,14-15,25,27,30-32,34-40H,5-6,9,12-13,16-24H2,1-4,7-8H3/t25-,27+,30-,31+,32-,34-,35-,36+,37-,38+/m1/s1. The Labute approximate surface area is 307 Å². The zero-order valence-electron chi connectivity index (χ0n) is 31.5. The van der Waals surface area contributed by atoms with Crippen LogP contribution in [0, 0.1) is 30.6 Å². The van der Waals surface area contributed by atoms with Crippen molar-refractivity contribution >= 4 is 20.0 Å². The number of sulfone groups is 1. The summed E-state index contributed by atoms with van der Waals surface area (Å²) >= 11 is 0. The average molecular weight is 755 g/mol. The summed E-state index contributed by atoms with van der Waals surface area (Å²) in [6.45, 7) is 19.9. The molecule has 0 bridgehead atoms. The minimum Gasteiger partial charge on any atom is -0.389 e. The Hall–Kier alpha value is -1.64. The summed E-state index contributed by atoms with van der Waals surface area (Å²) < 4.78 is 81.2. The highest BCUT2D eigenvalue weighted by Crippen LogP contribution is 2.41. The Morgan fingerprint density at radius 2 is 1.67 bits per heavy atom. The molecule has 0 aromatic heterocycles. The molecule has 290 valence electrons. The fourth-order valence-corrected chi connectivity index (χ4v) is 10.1. The van der Waals surface area contributed by atoms with E-state index in [0.717, 1.165) is 49.5 Å². The van der Waals surface area contributed by atoms with Crippen molar-refractivity contribution < 1.29 is 45.1 Å². The molecule has 0 saturated carbocycles. The summed E-state index contributed by atoms with van der Waals surface area (Å²) in [6.07, 6.45) is 4.02. The van der Waals surface area contributed by atoms with Gasteiger partial charge < -0.3 is 24.1 Å². The van der Waals surface area contributed by atoms with Crippen molar-refractivity contribution in [3.8, 4) is 0 Å². The summed E-state index contributed by atoms with van der Waals surface area (Å²) in [7, 11) is -7.36. The summed E-state index contributed by atoms with van der Waals surface area (Å²) in [6, 6.07) is 6.91. The van der Waals surface area contributed by atoms with E-state index in [1.54, 1.807) is 24.3 Å². The topological polar surface area (TPSA) is 135 Å². The number of hydrogen-bond donors (Lipinski definition) is 1. The van der Waals surface area contributed by atoms with Gasteiger partial charge in [0.15, 0.2) is 16.1 Å². The maximum absolute atomic E-state index is 13.6. The van der Waals surface area contributed by atoms with Crippen LogP contribution in [0.5, 0.6) is 0 Å². The highest BCUT2D eigenvalue weighted by Gasteiger charge is 2.45. The van der Waals surface area contributed by atoms with E-state index in [1.807, 2.05) is 13.8 Å². The first kappa shape index (κ1) is 42.1. The Morgan fingerprint density at radius 3 is 2.29 bits per heavy atom. The Bertz CT molecular complexity index is 1500. The van der Waals surface area contributed by atoms with E-state index in [-0.39, 0.29) is 59.4 Å². The molecular weight excluding hydrogens is 693 g/mol. The lowest BCUT2D eigenvalue weighted by molar-refractivity contribution is -0.0588. The lowest BCUT2D eigenvalue weighted by Gasteiger charge is -2.28. The third kappa shape index (κ3) is 12.5. The van der Waals surface area contributed by atoms with Crippen molar-refractivity contribution in [2.45, 2.75) is 140 Å². The first-order valence-electron chi connectivity index (χ1n) is 18.7. The molecule has 1 N–H and O–H groups in total. The Kier molecular flexibility index (Phi) is 15.4. The molecule has 3 aliphatic heterocycles. The van der Waals surface area contributed by atoms with Crippen molar-refractivity contribution in [2.24, 2.45) is 23.7 Å². The van der Waals surface area contributed by atoms with Gasteiger partial charge in [0.1, 0.15) is 0 Å². The molecule has 0 spiro atoms. The second kappa shape index (κ2) is 18.6. The molecule has 3 saturated heterocycles. The summed E-state index contributed by atoms with van der Waals surface area (Å²) in [5.74, 6) is -0.286. The second-order valence-corrected chi connectivity index (χ2v) is 19.0. The summed E-state index contributed by atoms with van der Waals surface area (Å²) in [5.41, 5.74) is 2.51. The zero-order valence-corrected chi connectivity index (χ0v) is 33.1. The van der Waals surface area contributed by atoms with Crippen LogP contribution in [0.3, 0.4) is 0 Å². The number of rotatable bonds is 20. The maximum atomic E-state index is 13.6. The molecule has 0 radical (unpaired) electrons. The van der Waals surface area contributed by atoms with Gasteiger partial charge in [-0.1, -0.05) is 65.0 Å². The minimum atomic E-state index is -3.76. The van der Waals surface area contributed by atoms with Crippen LogP contribution in [-0.4, -0.2) is 90.1 Å². The molecule has 10 nitrogen and oxygen atoms in total.